The fourth-order valence-electron chi connectivity index (χ4n) is 0.975. The first kappa shape index (κ1) is 7.61. The highest BCUT2D eigenvalue weighted by atomic mass is 16.5. The quantitative estimate of drug-likeness (QED) is 0.556. The van der Waals surface area contributed by atoms with E-state index in [0.29, 0.717) is 6.10 Å². The molecule has 0 aromatic carbocycles. The van der Waals surface area contributed by atoms with Gasteiger partial charge in [0.15, 0.2) is 0 Å². The highest BCUT2D eigenvalue weighted by molar-refractivity contribution is 4.86. The molecular formula is C8H14O2. The predicted molar refractivity (Wildman–Crippen MR) is 39.7 cm³/mol. The monoisotopic (exact) mass is 142 g/mol. The molecular weight excluding hydrogens is 128 g/mol. The maximum Gasteiger partial charge on any atom is 0.104 e. The molecule has 1 aliphatic rings. The van der Waals surface area contributed by atoms with Crippen LogP contribution in [0.2, 0.25) is 0 Å². The summed E-state index contributed by atoms with van der Waals surface area (Å²) in [4.78, 5) is 0. The summed E-state index contributed by atoms with van der Waals surface area (Å²) < 4.78 is 10.4. The second-order valence-electron chi connectivity index (χ2n) is 2.35. The lowest BCUT2D eigenvalue weighted by Gasteiger charge is -2.08. The van der Waals surface area contributed by atoms with Crippen molar-refractivity contribution in [3.63, 3.8) is 0 Å². The van der Waals surface area contributed by atoms with Crippen molar-refractivity contribution in [1.29, 1.82) is 0 Å². The molecule has 58 valence electrons. The molecule has 1 aliphatic heterocycles. The minimum atomic E-state index is 0.381. The lowest BCUT2D eigenvalue weighted by molar-refractivity contribution is 0.0893. The molecule has 0 aromatic heterocycles. The van der Waals surface area contributed by atoms with E-state index in [1.807, 2.05) is 6.92 Å². The van der Waals surface area contributed by atoms with Gasteiger partial charge < -0.3 is 9.47 Å². The molecule has 0 fully saturated rings. The van der Waals surface area contributed by atoms with E-state index < -0.39 is 0 Å². The van der Waals surface area contributed by atoms with E-state index in [4.69, 9.17) is 9.47 Å². The van der Waals surface area contributed by atoms with Crippen molar-refractivity contribution >= 4 is 0 Å². The molecule has 2 heteroatoms. The van der Waals surface area contributed by atoms with Crippen LogP contribution in [0.25, 0.3) is 0 Å². The lowest BCUT2D eigenvalue weighted by Crippen LogP contribution is -2.08. The maximum absolute atomic E-state index is 5.24. The Hall–Kier alpha value is -0.500. The zero-order valence-corrected chi connectivity index (χ0v) is 6.38. The first-order valence-electron chi connectivity index (χ1n) is 3.81. The number of hydrogen-bond donors (Lipinski definition) is 0. The van der Waals surface area contributed by atoms with Crippen molar-refractivity contribution in [2.24, 2.45) is 0 Å². The third-order valence-corrected chi connectivity index (χ3v) is 1.55. The van der Waals surface area contributed by atoms with Gasteiger partial charge in [-0.1, -0.05) is 0 Å². The Kier molecular flexibility index (Phi) is 3.30. The lowest BCUT2D eigenvalue weighted by atomic mass is 10.2. The molecule has 2 nitrogen and oxygen atoms in total. The predicted octanol–water partition coefficient (Wildman–Crippen LogP) is 1.72. The number of ether oxygens (including phenoxy) is 2. The summed E-state index contributed by atoms with van der Waals surface area (Å²) >= 11 is 0. The van der Waals surface area contributed by atoms with Crippen LogP contribution in [0.5, 0.6) is 0 Å². The Bertz CT molecular complexity index is 102. The number of rotatable bonds is 4. The molecule has 0 aliphatic carbocycles. The van der Waals surface area contributed by atoms with Crippen LogP contribution in [0.4, 0.5) is 0 Å². The molecule has 1 unspecified atom stereocenters. The van der Waals surface area contributed by atoms with Crippen molar-refractivity contribution in [2.45, 2.75) is 25.9 Å². The summed E-state index contributed by atoms with van der Waals surface area (Å²) in [5, 5.41) is 0. The van der Waals surface area contributed by atoms with Gasteiger partial charge in [-0.3, -0.25) is 0 Å². The molecule has 0 saturated heterocycles. The summed E-state index contributed by atoms with van der Waals surface area (Å²) in [6.45, 7) is 3.64. The first-order valence-corrected chi connectivity index (χ1v) is 3.81. The van der Waals surface area contributed by atoms with Gasteiger partial charge in [0.2, 0.25) is 0 Å². The van der Waals surface area contributed by atoms with E-state index in [-0.39, 0.29) is 0 Å². The van der Waals surface area contributed by atoms with Gasteiger partial charge >= 0.3 is 0 Å². The highest BCUT2D eigenvalue weighted by Crippen LogP contribution is 2.11. The summed E-state index contributed by atoms with van der Waals surface area (Å²) in [5.74, 6) is 0. The summed E-state index contributed by atoms with van der Waals surface area (Å²) in [7, 11) is 0. The number of hydrogen-bond acceptors (Lipinski definition) is 2. The SMILES string of the molecule is CCOCCC1CC=CO1. The van der Waals surface area contributed by atoms with Gasteiger partial charge in [-0.15, -0.1) is 0 Å². The smallest absolute Gasteiger partial charge is 0.104 e. The Labute approximate surface area is 61.8 Å². The van der Waals surface area contributed by atoms with Crippen molar-refractivity contribution < 1.29 is 9.47 Å². The topological polar surface area (TPSA) is 18.5 Å². The van der Waals surface area contributed by atoms with E-state index in [9.17, 15) is 0 Å². The molecule has 0 saturated carbocycles. The summed E-state index contributed by atoms with van der Waals surface area (Å²) in [6.07, 6.45) is 6.27. The van der Waals surface area contributed by atoms with Crippen molar-refractivity contribution in [2.75, 3.05) is 13.2 Å². The van der Waals surface area contributed by atoms with Gasteiger partial charge in [0.1, 0.15) is 6.10 Å². The molecule has 10 heavy (non-hydrogen) atoms. The van der Waals surface area contributed by atoms with Crippen LogP contribution in [0.3, 0.4) is 0 Å². The summed E-state index contributed by atoms with van der Waals surface area (Å²) in [6, 6.07) is 0. The van der Waals surface area contributed by atoms with Crippen LogP contribution in [0.1, 0.15) is 19.8 Å². The Morgan fingerprint density at radius 2 is 2.60 bits per heavy atom. The average Bonchev–Trinajstić information content (AvgIpc) is 2.41. The summed E-state index contributed by atoms with van der Waals surface area (Å²) in [5.41, 5.74) is 0. The van der Waals surface area contributed by atoms with Crippen LogP contribution in [0, 0.1) is 0 Å². The largest absolute Gasteiger partial charge is 0.498 e. The highest BCUT2D eigenvalue weighted by Gasteiger charge is 2.09. The minimum absolute atomic E-state index is 0.381. The molecule has 0 N–H and O–H groups in total. The molecule has 1 rings (SSSR count). The van der Waals surface area contributed by atoms with E-state index in [1.165, 1.54) is 0 Å². The van der Waals surface area contributed by atoms with Crippen molar-refractivity contribution in [3.8, 4) is 0 Å². The molecule has 0 spiro atoms. The van der Waals surface area contributed by atoms with Gasteiger partial charge in [0.05, 0.1) is 12.9 Å². The third-order valence-electron chi connectivity index (χ3n) is 1.55. The molecule has 0 aromatic rings. The third kappa shape index (κ3) is 2.40. The van der Waals surface area contributed by atoms with Gasteiger partial charge in [-0.25, -0.2) is 0 Å². The Balaban J connectivity index is 1.93. The van der Waals surface area contributed by atoms with Crippen LogP contribution < -0.4 is 0 Å². The van der Waals surface area contributed by atoms with Gasteiger partial charge in [-0.2, -0.15) is 0 Å². The van der Waals surface area contributed by atoms with Gasteiger partial charge in [-0.05, 0) is 13.0 Å². The molecule has 0 amide bonds. The van der Waals surface area contributed by atoms with E-state index in [0.717, 1.165) is 26.1 Å². The minimum Gasteiger partial charge on any atom is -0.498 e. The first-order chi connectivity index (χ1) is 4.93. The maximum atomic E-state index is 5.24. The zero-order chi connectivity index (χ0) is 7.23. The van der Waals surface area contributed by atoms with Crippen molar-refractivity contribution in [3.05, 3.63) is 12.3 Å². The molecule has 0 radical (unpaired) electrons. The van der Waals surface area contributed by atoms with Crippen LogP contribution >= 0.6 is 0 Å². The average molecular weight is 142 g/mol. The van der Waals surface area contributed by atoms with E-state index in [1.54, 1.807) is 6.26 Å². The van der Waals surface area contributed by atoms with Gasteiger partial charge in [0.25, 0.3) is 0 Å². The zero-order valence-electron chi connectivity index (χ0n) is 6.38. The molecule has 1 heterocycles. The standard InChI is InChI=1S/C8H14O2/c1-2-9-7-5-8-4-3-6-10-8/h3,6,8H,2,4-5,7H2,1H3. The van der Waals surface area contributed by atoms with E-state index in [2.05, 4.69) is 6.08 Å². The normalized spacial score (nSPS) is 23.1. The Morgan fingerprint density at radius 3 is 3.20 bits per heavy atom. The fraction of sp³-hybridized carbons (Fsp3) is 0.750. The second kappa shape index (κ2) is 4.34. The van der Waals surface area contributed by atoms with Crippen LogP contribution in [-0.4, -0.2) is 19.3 Å². The van der Waals surface area contributed by atoms with Gasteiger partial charge in [0, 0.05) is 19.4 Å². The van der Waals surface area contributed by atoms with Crippen LogP contribution in [0.15, 0.2) is 12.3 Å². The Morgan fingerprint density at radius 1 is 1.70 bits per heavy atom. The second-order valence-corrected chi connectivity index (χ2v) is 2.35. The van der Waals surface area contributed by atoms with Crippen molar-refractivity contribution in [1.82, 2.24) is 0 Å². The molecule has 0 bridgehead atoms. The van der Waals surface area contributed by atoms with Crippen LogP contribution in [-0.2, 0) is 9.47 Å². The fourth-order valence-corrected chi connectivity index (χ4v) is 0.975. The van der Waals surface area contributed by atoms with E-state index >= 15 is 0 Å². The molecule has 1 atom stereocenters.